The summed E-state index contributed by atoms with van der Waals surface area (Å²) < 4.78 is 5.00. The molecule has 0 fully saturated rings. The summed E-state index contributed by atoms with van der Waals surface area (Å²) in [6.45, 7) is 0. The van der Waals surface area contributed by atoms with Gasteiger partial charge in [0.1, 0.15) is 0 Å². The molecule has 14 heavy (non-hydrogen) atoms. The predicted octanol–water partition coefficient (Wildman–Crippen LogP) is 2.67. The molecule has 6 heteroatoms. The minimum atomic E-state index is 0.190. The van der Waals surface area contributed by atoms with Crippen molar-refractivity contribution in [3.05, 3.63) is 31.9 Å². The third-order valence-corrected chi connectivity index (χ3v) is 4.38. The van der Waals surface area contributed by atoms with E-state index < -0.39 is 0 Å². The molecule has 3 nitrogen and oxygen atoms in total. The van der Waals surface area contributed by atoms with E-state index in [0.717, 1.165) is 9.35 Å². The van der Waals surface area contributed by atoms with Crippen LogP contribution in [0.4, 0.5) is 0 Å². The smallest absolute Gasteiger partial charge is 0.0720 e. The molecule has 0 bridgehead atoms. The van der Waals surface area contributed by atoms with E-state index in [0.29, 0.717) is 0 Å². The van der Waals surface area contributed by atoms with Gasteiger partial charge in [-0.15, -0.1) is 5.10 Å². The van der Waals surface area contributed by atoms with E-state index in [-0.39, 0.29) is 6.04 Å². The van der Waals surface area contributed by atoms with Crippen molar-refractivity contribution in [1.82, 2.24) is 14.9 Å². The highest BCUT2D eigenvalue weighted by molar-refractivity contribution is 9.10. The molecule has 2 aromatic rings. The van der Waals surface area contributed by atoms with Gasteiger partial charge in [0.25, 0.3) is 0 Å². The first-order valence-electron chi connectivity index (χ1n) is 3.99. The van der Waals surface area contributed by atoms with Crippen molar-refractivity contribution in [2.45, 2.75) is 6.04 Å². The molecule has 1 N–H and O–H groups in total. The third-order valence-electron chi connectivity index (χ3n) is 1.90. The van der Waals surface area contributed by atoms with E-state index in [2.05, 4.69) is 41.6 Å². The summed E-state index contributed by atoms with van der Waals surface area (Å²) in [5, 5.41) is 11.3. The maximum atomic E-state index is 3.87. The molecule has 0 amide bonds. The number of rotatable bonds is 3. The summed E-state index contributed by atoms with van der Waals surface area (Å²) in [6.07, 6.45) is 1.80. The van der Waals surface area contributed by atoms with Gasteiger partial charge >= 0.3 is 0 Å². The second-order valence-corrected chi connectivity index (χ2v) is 5.13. The van der Waals surface area contributed by atoms with E-state index in [1.165, 1.54) is 17.1 Å². The second kappa shape index (κ2) is 4.48. The number of aromatic nitrogens is 2. The number of thiophene rings is 1. The molecular weight excluding hydrogens is 282 g/mol. The first kappa shape index (κ1) is 10.2. The summed E-state index contributed by atoms with van der Waals surface area (Å²) in [6, 6.07) is 0.190. The highest BCUT2D eigenvalue weighted by Gasteiger charge is 2.17. The van der Waals surface area contributed by atoms with Crippen molar-refractivity contribution in [2.24, 2.45) is 0 Å². The lowest BCUT2D eigenvalue weighted by atomic mass is 10.1. The van der Waals surface area contributed by atoms with Gasteiger partial charge < -0.3 is 5.32 Å². The van der Waals surface area contributed by atoms with Gasteiger partial charge in [0.05, 0.1) is 17.1 Å². The van der Waals surface area contributed by atoms with Crippen LogP contribution in [-0.4, -0.2) is 16.6 Å². The Morgan fingerprint density at radius 1 is 1.50 bits per heavy atom. The van der Waals surface area contributed by atoms with Gasteiger partial charge in [0.15, 0.2) is 0 Å². The van der Waals surface area contributed by atoms with Crippen LogP contribution in [0.25, 0.3) is 0 Å². The van der Waals surface area contributed by atoms with E-state index in [9.17, 15) is 0 Å². The molecule has 1 unspecified atom stereocenters. The van der Waals surface area contributed by atoms with Crippen LogP contribution in [0.15, 0.2) is 21.4 Å². The highest BCUT2D eigenvalue weighted by atomic mass is 79.9. The average Bonchev–Trinajstić information content (AvgIpc) is 2.80. The van der Waals surface area contributed by atoms with Crippen molar-refractivity contribution in [1.29, 1.82) is 0 Å². The second-order valence-electron chi connectivity index (χ2n) is 2.72. The first-order valence-corrected chi connectivity index (χ1v) is 6.50. The fraction of sp³-hybridized carbons (Fsp3) is 0.250. The molecule has 0 spiro atoms. The molecule has 0 aliphatic rings. The summed E-state index contributed by atoms with van der Waals surface area (Å²) in [5.41, 5.74) is 1.24. The molecule has 1 atom stereocenters. The van der Waals surface area contributed by atoms with E-state index in [4.69, 9.17) is 0 Å². The minimum Gasteiger partial charge on any atom is -0.309 e. The summed E-state index contributed by atoms with van der Waals surface area (Å²) in [4.78, 5) is 1.13. The normalized spacial score (nSPS) is 13.0. The van der Waals surface area contributed by atoms with Crippen LogP contribution >= 0.6 is 38.8 Å². The van der Waals surface area contributed by atoms with Crippen LogP contribution in [-0.2, 0) is 0 Å². The van der Waals surface area contributed by atoms with Gasteiger partial charge in [0, 0.05) is 9.85 Å². The Hall–Kier alpha value is -0.300. The molecule has 0 saturated heterocycles. The Kier molecular flexibility index (Phi) is 3.27. The summed E-state index contributed by atoms with van der Waals surface area (Å²) in [7, 11) is 1.94. The molecule has 0 aliphatic carbocycles. The van der Waals surface area contributed by atoms with Crippen LogP contribution in [0, 0.1) is 0 Å². The van der Waals surface area contributed by atoms with Crippen LogP contribution in [0.3, 0.4) is 0 Å². The molecule has 2 aromatic heterocycles. The molecule has 0 aromatic carbocycles. The van der Waals surface area contributed by atoms with Crippen LogP contribution in [0.1, 0.15) is 16.5 Å². The maximum absolute atomic E-state index is 3.87. The SMILES string of the molecule is CNC(c1cnns1)c1cscc1Br. The lowest BCUT2D eigenvalue weighted by Crippen LogP contribution is -2.16. The van der Waals surface area contributed by atoms with Crippen molar-refractivity contribution >= 4 is 38.8 Å². The Balaban J connectivity index is 2.36. The fourth-order valence-corrected chi connectivity index (χ4v) is 3.44. The van der Waals surface area contributed by atoms with Gasteiger partial charge in [-0.25, -0.2) is 0 Å². The zero-order chi connectivity index (χ0) is 9.97. The lowest BCUT2D eigenvalue weighted by Gasteiger charge is -2.12. The monoisotopic (exact) mass is 289 g/mol. The van der Waals surface area contributed by atoms with Crippen molar-refractivity contribution < 1.29 is 0 Å². The van der Waals surface area contributed by atoms with Crippen LogP contribution in [0.5, 0.6) is 0 Å². The number of nitrogens with zero attached hydrogens (tertiary/aromatic N) is 2. The van der Waals surface area contributed by atoms with E-state index in [1.54, 1.807) is 17.5 Å². The number of hydrogen-bond donors (Lipinski definition) is 1. The minimum absolute atomic E-state index is 0.190. The number of nitrogens with one attached hydrogen (secondary N) is 1. The van der Waals surface area contributed by atoms with Gasteiger partial charge in [-0.3, -0.25) is 0 Å². The molecule has 0 aliphatic heterocycles. The highest BCUT2D eigenvalue weighted by Crippen LogP contribution is 2.32. The standard InChI is InChI=1S/C8H8BrN3S2/c1-10-8(7-2-11-12-14-7)5-3-13-4-6(5)9/h2-4,8,10H,1H3. The Morgan fingerprint density at radius 3 is 2.86 bits per heavy atom. The molecule has 0 saturated carbocycles. The quantitative estimate of drug-likeness (QED) is 0.944. The molecule has 2 heterocycles. The van der Waals surface area contributed by atoms with Crippen molar-refractivity contribution in [2.75, 3.05) is 7.05 Å². The average molecular weight is 290 g/mol. The lowest BCUT2D eigenvalue weighted by molar-refractivity contribution is 0.702. The van der Waals surface area contributed by atoms with Gasteiger partial charge in [-0.1, -0.05) is 4.49 Å². The van der Waals surface area contributed by atoms with Gasteiger partial charge in [-0.2, -0.15) is 11.3 Å². The molecule has 74 valence electrons. The predicted molar refractivity (Wildman–Crippen MR) is 62.8 cm³/mol. The molecule has 2 rings (SSSR count). The zero-order valence-corrected chi connectivity index (χ0v) is 10.6. The van der Waals surface area contributed by atoms with Gasteiger partial charge in [-0.05, 0) is 45.5 Å². The fourth-order valence-electron chi connectivity index (χ4n) is 1.25. The van der Waals surface area contributed by atoms with Crippen molar-refractivity contribution in [3.63, 3.8) is 0 Å². The Morgan fingerprint density at radius 2 is 2.36 bits per heavy atom. The summed E-state index contributed by atoms with van der Waals surface area (Å²) >= 11 is 6.63. The zero-order valence-electron chi connectivity index (χ0n) is 7.40. The Bertz CT molecular complexity index is 398. The van der Waals surface area contributed by atoms with Crippen LogP contribution in [0.2, 0.25) is 0 Å². The third kappa shape index (κ3) is 1.88. The number of hydrogen-bond acceptors (Lipinski definition) is 5. The number of halogens is 1. The van der Waals surface area contributed by atoms with Crippen LogP contribution < -0.4 is 5.32 Å². The Labute approximate surface area is 98.5 Å². The topological polar surface area (TPSA) is 37.8 Å². The first-order chi connectivity index (χ1) is 6.83. The van der Waals surface area contributed by atoms with E-state index in [1.807, 2.05) is 7.05 Å². The van der Waals surface area contributed by atoms with Crippen molar-refractivity contribution in [3.8, 4) is 0 Å². The maximum Gasteiger partial charge on any atom is 0.0720 e. The summed E-state index contributed by atoms with van der Waals surface area (Å²) in [5.74, 6) is 0. The molecular formula is C8H8BrN3S2. The molecule has 0 radical (unpaired) electrons. The largest absolute Gasteiger partial charge is 0.309 e. The van der Waals surface area contributed by atoms with Gasteiger partial charge in [0.2, 0.25) is 0 Å². The van der Waals surface area contributed by atoms with E-state index >= 15 is 0 Å².